The largest absolute Gasteiger partial charge is 0.343 e. The number of para-hydroxylation sites is 2. The standard InChI is InChI=1S/C31H22N2/c1-32-27-13-7-5-11-24(27)25-19-20-29-30(31(25)32)26-12-6-8-14-28(26)33(29)23-17-15-22(16-18-23)21-9-3-2-4-10-21/h2-20H,1H3. The molecule has 0 spiro atoms. The molecule has 33 heavy (non-hydrogen) atoms. The van der Waals surface area contributed by atoms with Crippen LogP contribution < -0.4 is 0 Å². The molecule has 7 rings (SSSR count). The van der Waals surface area contributed by atoms with E-state index in [0.717, 1.165) is 0 Å². The summed E-state index contributed by atoms with van der Waals surface area (Å²) < 4.78 is 4.75. The first-order valence-electron chi connectivity index (χ1n) is 11.4. The molecule has 2 nitrogen and oxygen atoms in total. The van der Waals surface area contributed by atoms with E-state index in [1.807, 2.05) is 0 Å². The molecule has 0 aliphatic carbocycles. The van der Waals surface area contributed by atoms with Gasteiger partial charge in [0.2, 0.25) is 0 Å². The Morgan fingerprint density at radius 2 is 1.09 bits per heavy atom. The molecule has 0 saturated heterocycles. The van der Waals surface area contributed by atoms with Crippen LogP contribution in [0.3, 0.4) is 0 Å². The van der Waals surface area contributed by atoms with Crippen molar-refractivity contribution in [1.29, 1.82) is 0 Å². The van der Waals surface area contributed by atoms with Crippen LogP contribution in [0.15, 0.2) is 115 Å². The summed E-state index contributed by atoms with van der Waals surface area (Å²) in [4.78, 5) is 0. The van der Waals surface area contributed by atoms with Gasteiger partial charge in [0.05, 0.1) is 16.6 Å². The summed E-state index contributed by atoms with van der Waals surface area (Å²) in [6.07, 6.45) is 0. The van der Waals surface area contributed by atoms with Crippen molar-refractivity contribution in [3.8, 4) is 16.8 Å². The summed E-state index contributed by atoms with van der Waals surface area (Å²) in [6.45, 7) is 0. The molecule has 0 aliphatic heterocycles. The SMILES string of the molecule is Cn1c2ccccc2c2ccc3c(c4ccccc4n3-c3ccc(-c4ccccc4)cc3)c21. The third-order valence-electron chi connectivity index (χ3n) is 6.93. The first-order valence-corrected chi connectivity index (χ1v) is 11.4. The summed E-state index contributed by atoms with van der Waals surface area (Å²) in [5.74, 6) is 0. The maximum absolute atomic E-state index is 2.40. The van der Waals surface area contributed by atoms with Gasteiger partial charge in [-0.1, -0.05) is 84.9 Å². The molecular formula is C31H22N2. The third-order valence-corrected chi connectivity index (χ3v) is 6.93. The van der Waals surface area contributed by atoms with Crippen LogP contribution in [0.25, 0.3) is 60.4 Å². The minimum Gasteiger partial charge on any atom is -0.343 e. The Morgan fingerprint density at radius 1 is 0.455 bits per heavy atom. The highest BCUT2D eigenvalue weighted by Crippen LogP contribution is 2.40. The molecule has 2 heterocycles. The van der Waals surface area contributed by atoms with Crippen molar-refractivity contribution in [2.45, 2.75) is 0 Å². The second-order valence-electron chi connectivity index (χ2n) is 8.70. The number of fused-ring (bicyclic) bond motifs is 7. The van der Waals surface area contributed by atoms with Gasteiger partial charge in [-0.2, -0.15) is 0 Å². The molecule has 0 N–H and O–H groups in total. The Morgan fingerprint density at radius 3 is 1.88 bits per heavy atom. The third kappa shape index (κ3) is 2.55. The second kappa shape index (κ2) is 6.85. The summed E-state index contributed by atoms with van der Waals surface area (Å²) in [6, 6.07) is 41.5. The fourth-order valence-electron chi connectivity index (χ4n) is 5.43. The lowest BCUT2D eigenvalue weighted by Gasteiger charge is -2.09. The molecule has 0 amide bonds. The summed E-state index contributed by atoms with van der Waals surface area (Å²) in [5, 5.41) is 5.22. The predicted molar refractivity (Wildman–Crippen MR) is 140 cm³/mol. The van der Waals surface area contributed by atoms with Gasteiger partial charge in [-0.15, -0.1) is 0 Å². The molecule has 0 fully saturated rings. The van der Waals surface area contributed by atoms with Gasteiger partial charge in [-0.25, -0.2) is 0 Å². The number of rotatable bonds is 2. The molecular weight excluding hydrogens is 400 g/mol. The minimum absolute atomic E-state index is 1.18. The number of hydrogen-bond acceptors (Lipinski definition) is 0. The quantitative estimate of drug-likeness (QED) is 0.266. The summed E-state index contributed by atoms with van der Waals surface area (Å²) >= 11 is 0. The zero-order chi connectivity index (χ0) is 21.9. The van der Waals surface area contributed by atoms with E-state index in [9.17, 15) is 0 Å². The number of nitrogens with zero attached hydrogens (tertiary/aromatic N) is 2. The van der Waals surface area contributed by atoms with Crippen molar-refractivity contribution < 1.29 is 0 Å². The fourth-order valence-corrected chi connectivity index (χ4v) is 5.43. The van der Waals surface area contributed by atoms with Crippen LogP contribution in [-0.4, -0.2) is 9.13 Å². The molecule has 7 aromatic rings. The molecule has 0 bridgehead atoms. The van der Waals surface area contributed by atoms with Gasteiger partial charge in [0.15, 0.2) is 0 Å². The van der Waals surface area contributed by atoms with E-state index in [4.69, 9.17) is 0 Å². The average Bonchev–Trinajstić information content (AvgIpc) is 3.37. The van der Waals surface area contributed by atoms with Crippen LogP contribution in [-0.2, 0) is 7.05 Å². The van der Waals surface area contributed by atoms with E-state index < -0.39 is 0 Å². The molecule has 0 radical (unpaired) electrons. The highest BCUT2D eigenvalue weighted by Gasteiger charge is 2.18. The lowest BCUT2D eigenvalue weighted by atomic mass is 10.1. The van der Waals surface area contributed by atoms with E-state index >= 15 is 0 Å². The van der Waals surface area contributed by atoms with Crippen LogP contribution >= 0.6 is 0 Å². The monoisotopic (exact) mass is 422 g/mol. The highest BCUT2D eigenvalue weighted by molar-refractivity contribution is 6.25. The van der Waals surface area contributed by atoms with Crippen molar-refractivity contribution in [3.05, 3.63) is 115 Å². The molecule has 2 aromatic heterocycles. The zero-order valence-corrected chi connectivity index (χ0v) is 18.4. The predicted octanol–water partition coefficient (Wildman–Crippen LogP) is 8.10. The first-order chi connectivity index (χ1) is 16.3. The average molecular weight is 423 g/mol. The van der Waals surface area contributed by atoms with Gasteiger partial charge in [0.25, 0.3) is 0 Å². The molecule has 2 heteroatoms. The van der Waals surface area contributed by atoms with Crippen LogP contribution in [0.5, 0.6) is 0 Å². The normalized spacial score (nSPS) is 11.8. The first kappa shape index (κ1) is 18.3. The van der Waals surface area contributed by atoms with E-state index in [-0.39, 0.29) is 0 Å². The van der Waals surface area contributed by atoms with Crippen molar-refractivity contribution in [3.63, 3.8) is 0 Å². The van der Waals surface area contributed by atoms with Crippen LogP contribution in [0, 0.1) is 0 Å². The van der Waals surface area contributed by atoms with Gasteiger partial charge in [0.1, 0.15) is 0 Å². The van der Waals surface area contributed by atoms with Gasteiger partial charge in [-0.3, -0.25) is 0 Å². The second-order valence-corrected chi connectivity index (χ2v) is 8.70. The van der Waals surface area contributed by atoms with E-state index in [1.165, 1.54) is 60.4 Å². The van der Waals surface area contributed by atoms with Crippen molar-refractivity contribution in [1.82, 2.24) is 9.13 Å². The van der Waals surface area contributed by atoms with Crippen molar-refractivity contribution >= 4 is 43.6 Å². The Hall–Kier alpha value is -4.30. The number of aromatic nitrogens is 2. The van der Waals surface area contributed by atoms with Gasteiger partial charge in [-0.05, 0) is 41.5 Å². The molecule has 0 unspecified atom stereocenters. The van der Waals surface area contributed by atoms with E-state index in [2.05, 4.69) is 131 Å². The lowest BCUT2D eigenvalue weighted by molar-refractivity contribution is 1.02. The van der Waals surface area contributed by atoms with Crippen LogP contribution in [0.1, 0.15) is 0 Å². The van der Waals surface area contributed by atoms with Crippen LogP contribution in [0.4, 0.5) is 0 Å². The van der Waals surface area contributed by atoms with Gasteiger partial charge >= 0.3 is 0 Å². The fraction of sp³-hybridized carbons (Fsp3) is 0.0323. The Labute approximate surface area is 191 Å². The summed E-state index contributed by atoms with van der Waals surface area (Å²) in [7, 11) is 2.19. The van der Waals surface area contributed by atoms with E-state index in [0.29, 0.717) is 0 Å². The highest BCUT2D eigenvalue weighted by atomic mass is 15.0. The smallest absolute Gasteiger partial charge is 0.0590 e. The molecule has 5 aromatic carbocycles. The zero-order valence-electron chi connectivity index (χ0n) is 18.4. The lowest BCUT2D eigenvalue weighted by Crippen LogP contribution is -1.94. The van der Waals surface area contributed by atoms with E-state index in [1.54, 1.807) is 0 Å². The van der Waals surface area contributed by atoms with Gasteiger partial charge in [0, 0.05) is 39.8 Å². The molecule has 156 valence electrons. The Bertz CT molecular complexity index is 1800. The maximum atomic E-state index is 2.40. The molecule has 0 aliphatic rings. The number of benzene rings is 5. The van der Waals surface area contributed by atoms with Crippen molar-refractivity contribution in [2.75, 3.05) is 0 Å². The summed E-state index contributed by atoms with van der Waals surface area (Å²) in [5.41, 5.74) is 8.69. The molecule has 0 saturated carbocycles. The van der Waals surface area contributed by atoms with Crippen LogP contribution in [0.2, 0.25) is 0 Å². The minimum atomic E-state index is 1.18. The molecule has 0 atom stereocenters. The topological polar surface area (TPSA) is 9.86 Å². The maximum Gasteiger partial charge on any atom is 0.0590 e. The Balaban J connectivity index is 1.56. The number of hydrogen-bond donors (Lipinski definition) is 0. The number of aryl methyl sites for hydroxylation is 1. The van der Waals surface area contributed by atoms with Gasteiger partial charge < -0.3 is 9.13 Å². The Kier molecular flexibility index (Phi) is 3.80. The van der Waals surface area contributed by atoms with Crippen molar-refractivity contribution in [2.24, 2.45) is 7.05 Å².